The zero-order chi connectivity index (χ0) is 17.1. The van der Waals surface area contributed by atoms with Gasteiger partial charge in [-0.3, -0.25) is 9.58 Å². The Hall–Kier alpha value is -1.69. The Balaban J connectivity index is 1.36. The van der Waals surface area contributed by atoms with Crippen molar-refractivity contribution < 1.29 is 4.74 Å². The monoisotopic (exact) mass is 340 g/mol. The van der Waals surface area contributed by atoms with Crippen LogP contribution >= 0.6 is 0 Å². The topological polar surface area (TPSA) is 42.3 Å². The van der Waals surface area contributed by atoms with Crippen LogP contribution in [-0.4, -0.2) is 46.5 Å². The number of hydrogen-bond donors (Lipinski definition) is 1. The van der Waals surface area contributed by atoms with E-state index in [1.54, 1.807) is 0 Å². The molecule has 0 amide bonds. The van der Waals surface area contributed by atoms with E-state index in [0.29, 0.717) is 12.1 Å². The van der Waals surface area contributed by atoms with Crippen LogP contribution in [0.2, 0.25) is 0 Å². The lowest BCUT2D eigenvalue weighted by Crippen LogP contribution is -2.49. The van der Waals surface area contributed by atoms with Gasteiger partial charge in [0.15, 0.2) is 0 Å². The average Bonchev–Trinajstić information content (AvgIpc) is 3.24. The number of ether oxygens (including phenoxy) is 1. The predicted molar refractivity (Wildman–Crippen MR) is 98.2 cm³/mol. The Labute approximate surface area is 150 Å². The summed E-state index contributed by atoms with van der Waals surface area (Å²) in [5.41, 5.74) is 2.58. The molecule has 0 radical (unpaired) electrons. The third kappa shape index (κ3) is 3.94. The molecular weight excluding hydrogens is 312 g/mol. The van der Waals surface area contributed by atoms with E-state index in [0.717, 1.165) is 26.1 Å². The van der Waals surface area contributed by atoms with Gasteiger partial charge in [-0.05, 0) is 37.4 Å². The van der Waals surface area contributed by atoms with E-state index in [9.17, 15) is 0 Å². The van der Waals surface area contributed by atoms with Gasteiger partial charge in [0, 0.05) is 45.0 Å². The first-order valence-electron chi connectivity index (χ1n) is 9.41. The largest absolute Gasteiger partial charge is 0.370 e. The van der Waals surface area contributed by atoms with Crippen molar-refractivity contribution in [2.75, 3.05) is 19.7 Å². The number of hydrogen-bond acceptors (Lipinski definition) is 4. The zero-order valence-electron chi connectivity index (χ0n) is 15.0. The van der Waals surface area contributed by atoms with Crippen molar-refractivity contribution in [3.05, 3.63) is 53.9 Å². The molecule has 0 spiro atoms. The van der Waals surface area contributed by atoms with E-state index in [2.05, 4.69) is 51.7 Å². The molecule has 0 aliphatic carbocycles. The van der Waals surface area contributed by atoms with Crippen LogP contribution in [0.4, 0.5) is 0 Å². The highest BCUT2D eigenvalue weighted by Gasteiger charge is 2.34. The van der Waals surface area contributed by atoms with Gasteiger partial charge in [0.25, 0.3) is 0 Å². The lowest BCUT2D eigenvalue weighted by Gasteiger charge is -2.35. The quantitative estimate of drug-likeness (QED) is 0.908. The molecule has 3 atom stereocenters. The van der Waals surface area contributed by atoms with E-state index >= 15 is 0 Å². The molecule has 2 fully saturated rings. The number of aromatic nitrogens is 2. The molecule has 2 saturated heterocycles. The van der Waals surface area contributed by atoms with Gasteiger partial charge in [-0.2, -0.15) is 5.10 Å². The summed E-state index contributed by atoms with van der Waals surface area (Å²) in [6.45, 7) is 4.18. The standard InChI is InChI=1S/C20H28N4O/c1-23-19(9-11-21-23)20-18(10-13-25-20)22-17-8-5-12-24(15-17)14-16-6-3-2-4-7-16/h2-4,6-7,9,11,17-18,20,22H,5,8,10,12-15H2,1H3/t17?,18-,20-/m0/s1. The molecule has 1 aromatic carbocycles. The van der Waals surface area contributed by atoms with Gasteiger partial charge < -0.3 is 10.1 Å². The Kier molecular flexibility index (Phi) is 5.15. The first kappa shape index (κ1) is 16.8. The van der Waals surface area contributed by atoms with Crippen LogP contribution in [0, 0.1) is 0 Å². The van der Waals surface area contributed by atoms with Crippen molar-refractivity contribution >= 4 is 0 Å². The van der Waals surface area contributed by atoms with Crippen LogP contribution in [0.1, 0.15) is 36.6 Å². The highest BCUT2D eigenvalue weighted by molar-refractivity contribution is 5.14. The normalized spacial score (nSPS) is 27.6. The minimum Gasteiger partial charge on any atom is -0.370 e. The second-order valence-corrected chi connectivity index (χ2v) is 7.29. The molecule has 134 valence electrons. The number of nitrogens with one attached hydrogen (secondary N) is 1. The van der Waals surface area contributed by atoms with E-state index in [4.69, 9.17) is 4.74 Å². The summed E-state index contributed by atoms with van der Waals surface area (Å²) in [6, 6.07) is 13.8. The first-order chi connectivity index (χ1) is 12.3. The summed E-state index contributed by atoms with van der Waals surface area (Å²) in [4.78, 5) is 2.57. The molecule has 1 aromatic heterocycles. The number of rotatable bonds is 5. The second-order valence-electron chi connectivity index (χ2n) is 7.29. The summed E-state index contributed by atoms with van der Waals surface area (Å²) in [7, 11) is 2.00. The van der Waals surface area contributed by atoms with Gasteiger partial charge in [-0.25, -0.2) is 0 Å². The maximum absolute atomic E-state index is 6.02. The van der Waals surface area contributed by atoms with Gasteiger partial charge in [0.1, 0.15) is 6.10 Å². The van der Waals surface area contributed by atoms with Crippen LogP contribution in [0.25, 0.3) is 0 Å². The number of piperidine rings is 1. The summed E-state index contributed by atoms with van der Waals surface area (Å²) in [5.74, 6) is 0. The smallest absolute Gasteiger partial charge is 0.114 e. The molecule has 5 nitrogen and oxygen atoms in total. The first-order valence-corrected chi connectivity index (χ1v) is 9.41. The van der Waals surface area contributed by atoms with Gasteiger partial charge in [-0.1, -0.05) is 30.3 Å². The minimum absolute atomic E-state index is 0.122. The van der Waals surface area contributed by atoms with E-state index < -0.39 is 0 Å². The molecule has 0 bridgehead atoms. The Bertz CT molecular complexity index is 671. The van der Waals surface area contributed by atoms with Crippen LogP contribution < -0.4 is 5.32 Å². The zero-order valence-corrected chi connectivity index (χ0v) is 15.0. The minimum atomic E-state index is 0.122. The fraction of sp³-hybridized carbons (Fsp3) is 0.550. The predicted octanol–water partition coefficient (Wildman–Crippen LogP) is 2.50. The highest BCUT2D eigenvalue weighted by Crippen LogP contribution is 2.29. The summed E-state index contributed by atoms with van der Waals surface area (Å²) in [5, 5.41) is 8.19. The van der Waals surface area contributed by atoms with Crippen molar-refractivity contribution in [2.24, 2.45) is 7.05 Å². The molecule has 1 N–H and O–H groups in total. The summed E-state index contributed by atoms with van der Waals surface area (Å²) >= 11 is 0. The van der Waals surface area contributed by atoms with Gasteiger partial charge >= 0.3 is 0 Å². The van der Waals surface area contributed by atoms with Crippen molar-refractivity contribution in [1.82, 2.24) is 20.0 Å². The molecule has 5 heteroatoms. The SMILES string of the molecule is Cn1nccc1[C@H]1OCC[C@@H]1NC1CCCN(Cc2ccccc2)C1. The maximum atomic E-state index is 6.02. The summed E-state index contributed by atoms with van der Waals surface area (Å²) in [6.07, 6.45) is 5.56. The van der Waals surface area contributed by atoms with Crippen LogP contribution in [0.15, 0.2) is 42.6 Å². The molecule has 0 saturated carbocycles. The number of nitrogens with zero attached hydrogens (tertiary/aromatic N) is 3. The lowest BCUT2D eigenvalue weighted by molar-refractivity contribution is 0.0844. The lowest BCUT2D eigenvalue weighted by atomic mass is 10.0. The van der Waals surface area contributed by atoms with E-state index in [1.807, 2.05) is 17.9 Å². The van der Waals surface area contributed by atoms with Crippen molar-refractivity contribution in [1.29, 1.82) is 0 Å². The average molecular weight is 340 g/mol. The highest BCUT2D eigenvalue weighted by atomic mass is 16.5. The third-order valence-corrected chi connectivity index (χ3v) is 5.45. The molecule has 25 heavy (non-hydrogen) atoms. The number of aryl methyl sites for hydroxylation is 1. The van der Waals surface area contributed by atoms with Gasteiger partial charge in [0.05, 0.1) is 5.69 Å². The third-order valence-electron chi connectivity index (χ3n) is 5.45. The van der Waals surface area contributed by atoms with Crippen LogP contribution in [0.5, 0.6) is 0 Å². The Morgan fingerprint density at radius 1 is 1.20 bits per heavy atom. The molecule has 2 aliphatic heterocycles. The second kappa shape index (κ2) is 7.68. The molecule has 1 unspecified atom stereocenters. The Morgan fingerprint density at radius 2 is 2.08 bits per heavy atom. The molecule has 2 aromatic rings. The van der Waals surface area contributed by atoms with Crippen molar-refractivity contribution in [2.45, 2.75) is 44.0 Å². The van der Waals surface area contributed by atoms with Crippen molar-refractivity contribution in [3.63, 3.8) is 0 Å². The van der Waals surface area contributed by atoms with Gasteiger partial charge in [-0.15, -0.1) is 0 Å². The molecule has 3 heterocycles. The van der Waals surface area contributed by atoms with E-state index in [1.165, 1.54) is 30.6 Å². The molecular formula is C20H28N4O. The van der Waals surface area contributed by atoms with Gasteiger partial charge in [0.2, 0.25) is 0 Å². The molecule has 4 rings (SSSR count). The fourth-order valence-electron chi connectivity index (χ4n) is 4.19. The summed E-state index contributed by atoms with van der Waals surface area (Å²) < 4.78 is 7.96. The van der Waals surface area contributed by atoms with Crippen LogP contribution in [-0.2, 0) is 18.3 Å². The fourth-order valence-corrected chi connectivity index (χ4v) is 4.19. The Morgan fingerprint density at radius 3 is 2.88 bits per heavy atom. The maximum Gasteiger partial charge on any atom is 0.114 e. The van der Waals surface area contributed by atoms with Crippen LogP contribution in [0.3, 0.4) is 0 Å². The number of likely N-dealkylation sites (tertiary alicyclic amines) is 1. The number of benzene rings is 1. The molecule has 2 aliphatic rings. The van der Waals surface area contributed by atoms with E-state index in [-0.39, 0.29) is 6.10 Å². The van der Waals surface area contributed by atoms with Crippen molar-refractivity contribution in [3.8, 4) is 0 Å².